The molecule has 0 saturated heterocycles. The van der Waals surface area contributed by atoms with Crippen LogP contribution in [0.3, 0.4) is 0 Å². The normalized spacial score (nSPS) is 10.2. The summed E-state index contributed by atoms with van der Waals surface area (Å²) >= 11 is 0. The lowest BCUT2D eigenvalue weighted by atomic mass is 10.1. The SMILES string of the molecule is CCCCCCC[n+]1cccnc1. The van der Waals surface area contributed by atoms with Crippen LogP contribution in [0.4, 0.5) is 0 Å². The Balaban J connectivity index is 2.07. The zero-order chi connectivity index (χ0) is 9.36. The lowest BCUT2D eigenvalue weighted by Gasteiger charge is -1.98. The van der Waals surface area contributed by atoms with Crippen molar-refractivity contribution < 1.29 is 4.57 Å². The van der Waals surface area contributed by atoms with E-state index in [9.17, 15) is 0 Å². The molecule has 0 aliphatic carbocycles. The van der Waals surface area contributed by atoms with Gasteiger partial charge in [-0.05, 0) is 12.8 Å². The molecule has 2 nitrogen and oxygen atoms in total. The Bertz CT molecular complexity index is 209. The summed E-state index contributed by atoms with van der Waals surface area (Å²) in [6, 6.07) is 1.98. The maximum Gasteiger partial charge on any atom is 0.286 e. The number of hydrogen-bond donors (Lipinski definition) is 0. The third-order valence-corrected chi connectivity index (χ3v) is 2.18. The van der Waals surface area contributed by atoms with Gasteiger partial charge in [-0.1, -0.05) is 31.2 Å². The van der Waals surface area contributed by atoms with E-state index in [0.717, 1.165) is 6.54 Å². The van der Waals surface area contributed by atoms with Crippen molar-refractivity contribution in [2.24, 2.45) is 0 Å². The Labute approximate surface area is 80.6 Å². The molecular weight excluding hydrogens is 160 g/mol. The molecule has 1 heterocycles. The molecule has 1 aromatic heterocycles. The summed E-state index contributed by atoms with van der Waals surface area (Å²) < 4.78 is 2.14. The number of nitrogens with zero attached hydrogens (tertiary/aromatic N) is 2. The molecule has 0 atom stereocenters. The fourth-order valence-corrected chi connectivity index (χ4v) is 1.39. The topological polar surface area (TPSA) is 16.8 Å². The molecule has 0 saturated carbocycles. The molecule has 0 bridgehead atoms. The van der Waals surface area contributed by atoms with Gasteiger partial charge in [0.15, 0.2) is 0 Å². The maximum absolute atomic E-state index is 4.06. The van der Waals surface area contributed by atoms with Gasteiger partial charge in [0, 0.05) is 6.07 Å². The lowest BCUT2D eigenvalue weighted by Crippen LogP contribution is -2.32. The second kappa shape index (κ2) is 6.58. The molecule has 0 amide bonds. The van der Waals surface area contributed by atoms with Gasteiger partial charge in [-0.2, -0.15) is 0 Å². The second-order valence-corrected chi connectivity index (χ2v) is 3.41. The largest absolute Gasteiger partial charge is 0.286 e. The van der Waals surface area contributed by atoms with Gasteiger partial charge in [0.2, 0.25) is 0 Å². The van der Waals surface area contributed by atoms with Crippen molar-refractivity contribution in [3.63, 3.8) is 0 Å². The smallest absolute Gasteiger partial charge is 0.237 e. The Hall–Kier alpha value is -0.920. The Morgan fingerprint density at radius 1 is 1.15 bits per heavy atom. The first-order chi connectivity index (χ1) is 6.43. The first kappa shape index (κ1) is 10.2. The first-order valence-electron chi connectivity index (χ1n) is 5.22. The number of aryl methyl sites for hydroxylation is 1. The van der Waals surface area contributed by atoms with Crippen LogP contribution in [0, 0.1) is 0 Å². The zero-order valence-electron chi connectivity index (χ0n) is 8.45. The number of unbranched alkanes of at least 4 members (excludes halogenated alkanes) is 4. The average molecular weight is 179 g/mol. The molecule has 0 fully saturated rings. The highest BCUT2D eigenvalue weighted by atomic mass is 15.0. The summed E-state index contributed by atoms with van der Waals surface area (Å²) in [6.07, 6.45) is 12.5. The fraction of sp³-hybridized carbons (Fsp3) is 0.636. The van der Waals surface area contributed by atoms with E-state index in [-0.39, 0.29) is 0 Å². The van der Waals surface area contributed by atoms with Crippen LogP contribution in [0.1, 0.15) is 39.0 Å². The summed E-state index contributed by atoms with van der Waals surface area (Å²) in [5, 5.41) is 0. The van der Waals surface area contributed by atoms with E-state index >= 15 is 0 Å². The minimum Gasteiger partial charge on any atom is -0.237 e. The maximum atomic E-state index is 4.06. The monoisotopic (exact) mass is 179 g/mol. The van der Waals surface area contributed by atoms with Gasteiger partial charge in [0.05, 0.1) is 12.7 Å². The summed E-state index contributed by atoms with van der Waals surface area (Å²) in [7, 11) is 0. The van der Waals surface area contributed by atoms with Crippen LogP contribution in [-0.4, -0.2) is 4.98 Å². The minimum absolute atomic E-state index is 1.11. The highest BCUT2D eigenvalue weighted by molar-refractivity contribution is 4.68. The lowest BCUT2D eigenvalue weighted by molar-refractivity contribution is -0.700. The second-order valence-electron chi connectivity index (χ2n) is 3.41. The first-order valence-corrected chi connectivity index (χ1v) is 5.22. The van der Waals surface area contributed by atoms with E-state index in [1.807, 2.05) is 18.6 Å². The molecule has 72 valence electrons. The van der Waals surface area contributed by atoms with Crippen molar-refractivity contribution in [3.8, 4) is 0 Å². The molecule has 0 N–H and O–H groups in total. The van der Waals surface area contributed by atoms with Gasteiger partial charge in [0.25, 0.3) is 6.33 Å². The summed E-state index contributed by atoms with van der Waals surface area (Å²) in [4.78, 5) is 4.06. The minimum atomic E-state index is 1.11. The fourth-order valence-electron chi connectivity index (χ4n) is 1.39. The van der Waals surface area contributed by atoms with Crippen molar-refractivity contribution in [1.29, 1.82) is 0 Å². The van der Waals surface area contributed by atoms with E-state index in [2.05, 4.69) is 22.7 Å². The molecule has 0 aromatic carbocycles. The molecule has 0 unspecified atom stereocenters. The van der Waals surface area contributed by atoms with E-state index in [0.29, 0.717) is 0 Å². The molecule has 13 heavy (non-hydrogen) atoms. The van der Waals surface area contributed by atoms with Gasteiger partial charge in [-0.25, -0.2) is 4.57 Å². The molecule has 1 aromatic rings. The van der Waals surface area contributed by atoms with Gasteiger partial charge in [0.1, 0.15) is 6.20 Å². The van der Waals surface area contributed by atoms with Gasteiger partial charge < -0.3 is 0 Å². The molecule has 0 aliphatic heterocycles. The number of hydrogen-bond acceptors (Lipinski definition) is 1. The molecule has 0 spiro atoms. The van der Waals surface area contributed by atoms with Crippen molar-refractivity contribution >= 4 is 0 Å². The quantitative estimate of drug-likeness (QED) is 0.484. The van der Waals surface area contributed by atoms with Crippen molar-refractivity contribution in [2.45, 2.75) is 45.6 Å². The van der Waals surface area contributed by atoms with Crippen LogP contribution < -0.4 is 4.57 Å². The summed E-state index contributed by atoms with van der Waals surface area (Å²) in [5.74, 6) is 0. The summed E-state index contributed by atoms with van der Waals surface area (Å²) in [6.45, 7) is 3.35. The van der Waals surface area contributed by atoms with E-state index in [1.54, 1.807) is 0 Å². The molecule has 2 heteroatoms. The third-order valence-electron chi connectivity index (χ3n) is 2.18. The predicted molar refractivity (Wildman–Crippen MR) is 53.2 cm³/mol. The molecule has 0 radical (unpaired) electrons. The predicted octanol–water partition coefficient (Wildman–Crippen LogP) is 2.34. The van der Waals surface area contributed by atoms with Gasteiger partial charge in [-0.15, -0.1) is 0 Å². The van der Waals surface area contributed by atoms with Gasteiger partial charge in [-0.3, -0.25) is 0 Å². The molecular formula is C11H19N2+. The van der Waals surface area contributed by atoms with Crippen molar-refractivity contribution in [2.75, 3.05) is 0 Å². The Kier molecular flexibility index (Phi) is 5.14. The van der Waals surface area contributed by atoms with Crippen LogP contribution in [-0.2, 0) is 6.54 Å². The van der Waals surface area contributed by atoms with Crippen molar-refractivity contribution in [1.82, 2.24) is 4.98 Å². The number of aromatic nitrogens is 2. The Morgan fingerprint density at radius 3 is 2.69 bits per heavy atom. The molecule has 0 aliphatic rings. The number of rotatable bonds is 6. The molecule has 1 rings (SSSR count). The van der Waals surface area contributed by atoms with Crippen LogP contribution in [0.25, 0.3) is 0 Å². The van der Waals surface area contributed by atoms with E-state index < -0.39 is 0 Å². The van der Waals surface area contributed by atoms with Crippen LogP contribution in [0.5, 0.6) is 0 Å². The van der Waals surface area contributed by atoms with E-state index in [4.69, 9.17) is 0 Å². The highest BCUT2D eigenvalue weighted by Gasteiger charge is 1.95. The zero-order valence-corrected chi connectivity index (χ0v) is 8.45. The standard InChI is InChI=1S/C11H19N2/c1-2-3-4-5-6-9-13-10-7-8-12-11-13/h7-8,10-11H,2-6,9H2,1H3/q+1. The van der Waals surface area contributed by atoms with Crippen LogP contribution in [0.15, 0.2) is 24.8 Å². The van der Waals surface area contributed by atoms with Gasteiger partial charge >= 0.3 is 0 Å². The Morgan fingerprint density at radius 2 is 2.00 bits per heavy atom. The van der Waals surface area contributed by atoms with Crippen LogP contribution >= 0.6 is 0 Å². The third kappa shape index (κ3) is 4.61. The summed E-state index contributed by atoms with van der Waals surface area (Å²) in [5.41, 5.74) is 0. The van der Waals surface area contributed by atoms with Crippen molar-refractivity contribution in [3.05, 3.63) is 24.8 Å². The van der Waals surface area contributed by atoms with Crippen LogP contribution in [0.2, 0.25) is 0 Å². The average Bonchev–Trinajstić information content (AvgIpc) is 2.19. The highest BCUT2D eigenvalue weighted by Crippen LogP contribution is 2.01. The van der Waals surface area contributed by atoms with E-state index in [1.165, 1.54) is 32.1 Å².